The number of carbonyl (C=O) groups is 1. The van der Waals surface area contributed by atoms with Crippen molar-refractivity contribution in [3.63, 3.8) is 0 Å². The molecule has 28 heavy (non-hydrogen) atoms. The first kappa shape index (κ1) is 21.8. The van der Waals surface area contributed by atoms with Crippen molar-refractivity contribution in [2.45, 2.75) is 39.7 Å². The van der Waals surface area contributed by atoms with Crippen molar-refractivity contribution >= 4 is 21.6 Å². The van der Waals surface area contributed by atoms with Crippen molar-refractivity contribution in [2.24, 2.45) is 0 Å². The van der Waals surface area contributed by atoms with Gasteiger partial charge in [-0.2, -0.15) is 0 Å². The predicted octanol–water partition coefficient (Wildman–Crippen LogP) is 3.75. The zero-order valence-corrected chi connectivity index (χ0v) is 17.8. The molecule has 2 aromatic carbocycles. The first-order valence-electron chi connectivity index (χ1n) is 9.15. The molecule has 0 bridgehead atoms. The van der Waals surface area contributed by atoms with Gasteiger partial charge in [-0.3, -0.25) is 9.52 Å². The standard InChI is InChI=1S/C21H28N2O4S/c1-14(2)19-10-9-15(3)11-20(19)27-13-21(24)22-16(4)17-7-6-8-18(12-17)23-28(5,25)26/h6-12,14,16,23H,13H2,1-5H3,(H,22,24). The monoisotopic (exact) mass is 404 g/mol. The van der Waals surface area contributed by atoms with Crippen LogP contribution in [0.15, 0.2) is 42.5 Å². The molecular weight excluding hydrogens is 376 g/mol. The minimum absolute atomic E-state index is 0.0885. The summed E-state index contributed by atoms with van der Waals surface area (Å²) in [5, 5.41) is 2.88. The second-order valence-corrected chi connectivity index (χ2v) is 9.02. The van der Waals surface area contributed by atoms with Crippen LogP contribution < -0.4 is 14.8 Å². The summed E-state index contributed by atoms with van der Waals surface area (Å²) >= 11 is 0. The zero-order valence-electron chi connectivity index (χ0n) is 16.9. The molecule has 1 atom stereocenters. The summed E-state index contributed by atoms with van der Waals surface area (Å²) in [5.74, 6) is 0.769. The number of carbonyl (C=O) groups excluding carboxylic acids is 1. The third kappa shape index (κ3) is 6.56. The van der Waals surface area contributed by atoms with Crippen LogP contribution in [0.2, 0.25) is 0 Å². The number of anilines is 1. The number of ether oxygens (including phenoxy) is 1. The van der Waals surface area contributed by atoms with Crippen LogP contribution in [0, 0.1) is 6.92 Å². The van der Waals surface area contributed by atoms with E-state index in [1.165, 1.54) is 0 Å². The summed E-state index contributed by atoms with van der Waals surface area (Å²) in [6.07, 6.45) is 1.10. The lowest BCUT2D eigenvalue weighted by atomic mass is 10.0. The van der Waals surface area contributed by atoms with Gasteiger partial charge in [0.05, 0.1) is 12.3 Å². The highest BCUT2D eigenvalue weighted by atomic mass is 32.2. The van der Waals surface area contributed by atoms with Gasteiger partial charge in [0.15, 0.2) is 6.61 Å². The average Bonchev–Trinajstić information content (AvgIpc) is 2.58. The molecule has 0 aliphatic rings. The maximum atomic E-state index is 12.3. The molecule has 6 nitrogen and oxygen atoms in total. The number of aryl methyl sites for hydroxylation is 1. The Kier molecular flexibility index (Phi) is 7.07. The van der Waals surface area contributed by atoms with E-state index in [0.717, 1.165) is 28.7 Å². The summed E-state index contributed by atoms with van der Waals surface area (Å²) in [6.45, 7) is 7.89. The van der Waals surface area contributed by atoms with E-state index in [2.05, 4.69) is 23.9 Å². The SMILES string of the molecule is Cc1ccc(C(C)C)c(OCC(=O)NC(C)c2cccc(NS(C)(=O)=O)c2)c1. The van der Waals surface area contributed by atoms with E-state index in [0.29, 0.717) is 11.6 Å². The molecule has 1 amide bonds. The Labute approximate surface area is 167 Å². The highest BCUT2D eigenvalue weighted by Crippen LogP contribution is 2.27. The van der Waals surface area contributed by atoms with Gasteiger partial charge in [-0.25, -0.2) is 8.42 Å². The number of rotatable bonds is 8. The lowest BCUT2D eigenvalue weighted by Gasteiger charge is -2.18. The van der Waals surface area contributed by atoms with Crippen molar-refractivity contribution in [2.75, 3.05) is 17.6 Å². The summed E-state index contributed by atoms with van der Waals surface area (Å²) in [5.41, 5.74) is 3.38. The van der Waals surface area contributed by atoms with Crippen LogP contribution in [0.5, 0.6) is 5.75 Å². The molecule has 0 heterocycles. The molecule has 2 aromatic rings. The minimum atomic E-state index is -3.35. The van der Waals surface area contributed by atoms with Crippen LogP contribution in [0.1, 0.15) is 49.4 Å². The van der Waals surface area contributed by atoms with Crippen LogP contribution >= 0.6 is 0 Å². The van der Waals surface area contributed by atoms with Crippen LogP contribution in [-0.2, 0) is 14.8 Å². The quantitative estimate of drug-likeness (QED) is 0.702. The lowest BCUT2D eigenvalue weighted by Crippen LogP contribution is -2.31. The first-order valence-corrected chi connectivity index (χ1v) is 11.0. The van der Waals surface area contributed by atoms with E-state index in [9.17, 15) is 13.2 Å². The van der Waals surface area contributed by atoms with Gasteiger partial charge < -0.3 is 10.1 Å². The fourth-order valence-corrected chi connectivity index (χ4v) is 3.39. The third-order valence-electron chi connectivity index (χ3n) is 4.22. The molecule has 152 valence electrons. The smallest absolute Gasteiger partial charge is 0.258 e. The lowest BCUT2D eigenvalue weighted by molar-refractivity contribution is -0.123. The molecule has 0 aromatic heterocycles. The largest absolute Gasteiger partial charge is 0.483 e. The molecule has 0 saturated carbocycles. The van der Waals surface area contributed by atoms with Crippen molar-refractivity contribution < 1.29 is 17.9 Å². The van der Waals surface area contributed by atoms with Gasteiger partial charge >= 0.3 is 0 Å². The molecular formula is C21H28N2O4S. The number of benzene rings is 2. The molecule has 0 aliphatic heterocycles. The third-order valence-corrected chi connectivity index (χ3v) is 4.82. The number of amides is 1. The first-order chi connectivity index (χ1) is 13.0. The number of nitrogens with one attached hydrogen (secondary N) is 2. The van der Waals surface area contributed by atoms with E-state index in [1.54, 1.807) is 18.2 Å². The fourth-order valence-electron chi connectivity index (χ4n) is 2.84. The molecule has 0 spiro atoms. The number of sulfonamides is 1. The molecule has 2 rings (SSSR count). The summed E-state index contributed by atoms with van der Waals surface area (Å²) in [7, 11) is -3.35. The van der Waals surface area contributed by atoms with Gasteiger partial charge in [0.2, 0.25) is 10.0 Å². The van der Waals surface area contributed by atoms with Crippen molar-refractivity contribution in [1.29, 1.82) is 0 Å². The van der Waals surface area contributed by atoms with Crippen molar-refractivity contribution in [3.8, 4) is 5.75 Å². The van der Waals surface area contributed by atoms with Gasteiger partial charge in [-0.15, -0.1) is 0 Å². The summed E-state index contributed by atoms with van der Waals surface area (Å²) in [6, 6.07) is 12.6. The highest BCUT2D eigenvalue weighted by Gasteiger charge is 2.14. The zero-order chi connectivity index (χ0) is 20.9. The van der Waals surface area contributed by atoms with Crippen LogP contribution in [0.25, 0.3) is 0 Å². The molecule has 7 heteroatoms. The molecule has 1 unspecified atom stereocenters. The van der Waals surface area contributed by atoms with E-state index in [1.807, 2.05) is 38.1 Å². The van der Waals surface area contributed by atoms with Gasteiger partial charge in [0.1, 0.15) is 5.75 Å². The van der Waals surface area contributed by atoms with E-state index in [-0.39, 0.29) is 18.6 Å². The van der Waals surface area contributed by atoms with Crippen molar-refractivity contribution in [1.82, 2.24) is 5.32 Å². The van der Waals surface area contributed by atoms with Crippen LogP contribution in [0.3, 0.4) is 0 Å². The average molecular weight is 405 g/mol. The second kappa shape index (κ2) is 9.10. The van der Waals surface area contributed by atoms with E-state index >= 15 is 0 Å². The van der Waals surface area contributed by atoms with Gasteiger partial charge in [-0.05, 0) is 54.7 Å². The fraction of sp³-hybridized carbons (Fsp3) is 0.381. The van der Waals surface area contributed by atoms with Crippen molar-refractivity contribution in [3.05, 3.63) is 59.2 Å². The molecule has 0 aliphatic carbocycles. The van der Waals surface area contributed by atoms with E-state index in [4.69, 9.17) is 4.74 Å². The molecule has 0 saturated heterocycles. The number of hydrogen-bond acceptors (Lipinski definition) is 4. The summed E-state index contributed by atoms with van der Waals surface area (Å²) in [4.78, 5) is 12.3. The predicted molar refractivity (Wildman–Crippen MR) is 112 cm³/mol. The van der Waals surface area contributed by atoms with Gasteiger partial charge in [-0.1, -0.05) is 38.1 Å². The Hall–Kier alpha value is -2.54. The second-order valence-electron chi connectivity index (χ2n) is 7.27. The maximum absolute atomic E-state index is 12.3. The topological polar surface area (TPSA) is 84.5 Å². The van der Waals surface area contributed by atoms with E-state index < -0.39 is 10.0 Å². The molecule has 0 radical (unpaired) electrons. The summed E-state index contributed by atoms with van der Waals surface area (Å²) < 4.78 is 31.0. The van der Waals surface area contributed by atoms with Crippen LogP contribution in [0.4, 0.5) is 5.69 Å². The molecule has 2 N–H and O–H groups in total. The molecule has 0 fully saturated rings. The minimum Gasteiger partial charge on any atom is -0.483 e. The number of hydrogen-bond donors (Lipinski definition) is 2. The van der Waals surface area contributed by atoms with Crippen LogP contribution in [-0.4, -0.2) is 27.2 Å². The maximum Gasteiger partial charge on any atom is 0.258 e. The highest BCUT2D eigenvalue weighted by molar-refractivity contribution is 7.92. The Morgan fingerprint density at radius 3 is 2.46 bits per heavy atom. The van der Waals surface area contributed by atoms with Gasteiger partial charge in [0.25, 0.3) is 5.91 Å². The van der Waals surface area contributed by atoms with Gasteiger partial charge in [0, 0.05) is 5.69 Å². The Bertz CT molecular complexity index is 939. The Morgan fingerprint density at radius 1 is 1.11 bits per heavy atom. The normalized spacial score (nSPS) is 12.5. The Morgan fingerprint density at radius 2 is 1.82 bits per heavy atom. The Balaban J connectivity index is 2.00.